The van der Waals surface area contributed by atoms with Gasteiger partial charge < -0.3 is 5.11 Å². The van der Waals surface area contributed by atoms with Gasteiger partial charge in [0, 0.05) is 6.54 Å². The predicted octanol–water partition coefficient (Wildman–Crippen LogP) is 3.82. The van der Waals surface area contributed by atoms with Crippen LogP contribution in [0.2, 0.25) is 0 Å². The smallest absolute Gasteiger partial charge is 0.283 e. The maximum atomic E-state index is 13.6. The average Bonchev–Trinajstić information content (AvgIpc) is 2.94. The van der Waals surface area contributed by atoms with E-state index >= 15 is 0 Å². The molecule has 124 valence electrons. The van der Waals surface area contributed by atoms with Gasteiger partial charge in [-0.3, -0.25) is 9.69 Å². The number of thiophene rings is 1. The largest absolute Gasteiger partial charge is 0.390 e. The molecular formula is C16H16BrF2NO2S. The second kappa shape index (κ2) is 8.10. The quantitative estimate of drug-likeness (QED) is 0.681. The maximum Gasteiger partial charge on any atom is 0.283 e. The summed E-state index contributed by atoms with van der Waals surface area (Å²) in [7, 11) is 0. The molecule has 0 atom stereocenters. The summed E-state index contributed by atoms with van der Waals surface area (Å²) in [6.07, 6.45) is 0. The fraction of sp³-hybridized carbons (Fsp3) is 0.312. The van der Waals surface area contributed by atoms with Gasteiger partial charge in [0.05, 0.1) is 21.8 Å². The third-order valence-electron chi connectivity index (χ3n) is 3.15. The van der Waals surface area contributed by atoms with Crippen molar-refractivity contribution in [1.29, 1.82) is 0 Å². The third kappa shape index (κ3) is 5.76. The molecule has 7 heteroatoms. The van der Waals surface area contributed by atoms with Crippen molar-refractivity contribution in [3.05, 3.63) is 56.7 Å². The van der Waals surface area contributed by atoms with Crippen LogP contribution in [0.25, 0.3) is 0 Å². The van der Waals surface area contributed by atoms with Gasteiger partial charge in [0.25, 0.3) is 5.92 Å². The zero-order chi connectivity index (χ0) is 16.9. The molecule has 0 saturated heterocycles. The van der Waals surface area contributed by atoms with Crippen LogP contribution in [-0.2, 0) is 6.54 Å². The van der Waals surface area contributed by atoms with Crippen molar-refractivity contribution in [3.63, 3.8) is 0 Å². The van der Waals surface area contributed by atoms with Crippen LogP contribution in [0, 0.1) is 0 Å². The Kier molecular flexibility index (Phi) is 6.41. The average molecular weight is 404 g/mol. The highest BCUT2D eigenvalue weighted by Gasteiger charge is 2.31. The second-order valence-electron chi connectivity index (χ2n) is 5.17. The third-order valence-corrected chi connectivity index (χ3v) is 4.82. The van der Waals surface area contributed by atoms with Crippen LogP contribution in [0.5, 0.6) is 0 Å². The van der Waals surface area contributed by atoms with Gasteiger partial charge in [-0.2, -0.15) is 0 Å². The van der Waals surface area contributed by atoms with Gasteiger partial charge in [-0.05, 0) is 33.6 Å². The van der Waals surface area contributed by atoms with Gasteiger partial charge in [-0.15, -0.1) is 11.3 Å². The van der Waals surface area contributed by atoms with Crippen LogP contribution >= 0.6 is 27.3 Å². The van der Waals surface area contributed by atoms with Crippen molar-refractivity contribution in [2.75, 3.05) is 19.7 Å². The highest BCUT2D eigenvalue weighted by Crippen LogP contribution is 2.23. The van der Waals surface area contributed by atoms with Crippen molar-refractivity contribution in [1.82, 2.24) is 4.90 Å². The van der Waals surface area contributed by atoms with E-state index < -0.39 is 19.1 Å². The van der Waals surface area contributed by atoms with E-state index in [4.69, 9.17) is 5.11 Å². The summed E-state index contributed by atoms with van der Waals surface area (Å²) in [5.41, 5.74) is 0.835. The number of nitrogens with zero attached hydrogens (tertiary/aromatic N) is 1. The Morgan fingerprint density at radius 2 is 1.91 bits per heavy atom. The molecule has 1 aromatic heterocycles. The second-order valence-corrected chi connectivity index (χ2v) is 7.63. The first-order valence-electron chi connectivity index (χ1n) is 6.93. The molecule has 0 saturated carbocycles. The minimum Gasteiger partial charge on any atom is -0.390 e. The molecule has 0 aliphatic rings. The number of ketones is 1. The van der Waals surface area contributed by atoms with Gasteiger partial charge in [-0.25, -0.2) is 8.78 Å². The first-order chi connectivity index (χ1) is 10.9. The van der Waals surface area contributed by atoms with Crippen molar-refractivity contribution in [2.45, 2.75) is 12.5 Å². The SMILES string of the molecule is O=C(CN(Cc1ccccc1)CC(F)(F)CO)c1ccc(Br)s1. The number of benzene rings is 1. The fourth-order valence-electron chi connectivity index (χ4n) is 2.13. The topological polar surface area (TPSA) is 40.5 Å². The maximum absolute atomic E-state index is 13.6. The van der Waals surface area contributed by atoms with E-state index in [2.05, 4.69) is 15.9 Å². The summed E-state index contributed by atoms with van der Waals surface area (Å²) < 4.78 is 27.9. The molecule has 1 aromatic carbocycles. The standard InChI is InChI=1S/C16H16BrF2NO2S/c17-15-7-6-14(23-15)13(22)9-20(10-16(18,19)11-21)8-12-4-2-1-3-5-12/h1-7,21H,8-11H2. The molecule has 1 heterocycles. The van der Waals surface area contributed by atoms with E-state index in [0.29, 0.717) is 4.88 Å². The van der Waals surface area contributed by atoms with Gasteiger partial charge >= 0.3 is 0 Å². The molecule has 0 aliphatic carbocycles. The molecule has 0 radical (unpaired) electrons. The number of rotatable bonds is 8. The van der Waals surface area contributed by atoms with Crippen molar-refractivity contribution < 1.29 is 18.7 Å². The first kappa shape index (κ1) is 18.2. The summed E-state index contributed by atoms with van der Waals surface area (Å²) in [5.74, 6) is -3.46. The number of aliphatic hydroxyl groups excluding tert-OH is 1. The Balaban J connectivity index is 2.10. The lowest BCUT2D eigenvalue weighted by Gasteiger charge is -2.25. The van der Waals surface area contributed by atoms with Gasteiger partial charge in [-0.1, -0.05) is 30.3 Å². The molecule has 0 fully saturated rings. The normalized spacial score (nSPS) is 11.9. The van der Waals surface area contributed by atoms with Crippen LogP contribution in [-0.4, -0.2) is 41.4 Å². The molecule has 2 aromatic rings. The molecule has 0 spiro atoms. The van der Waals surface area contributed by atoms with E-state index in [1.807, 2.05) is 30.3 Å². The number of alkyl halides is 2. The molecule has 3 nitrogen and oxygen atoms in total. The molecule has 0 amide bonds. The molecule has 2 rings (SSSR count). The zero-order valence-electron chi connectivity index (χ0n) is 12.2. The molecule has 23 heavy (non-hydrogen) atoms. The highest BCUT2D eigenvalue weighted by atomic mass is 79.9. The molecule has 0 bridgehead atoms. The van der Waals surface area contributed by atoms with E-state index in [9.17, 15) is 13.6 Å². The fourth-order valence-corrected chi connectivity index (χ4v) is 3.45. The summed E-state index contributed by atoms with van der Waals surface area (Å²) in [6, 6.07) is 12.5. The lowest BCUT2D eigenvalue weighted by atomic mass is 10.2. The number of halogens is 3. The summed E-state index contributed by atoms with van der Waals surface area (Å²) in [5, 5.41) is 8.80. The van der Waals surface area contributed by atoms with Crippen LogP contribution < -0.4 is 0 Å². The number of Topliss-reactive ketones (excluding diaryl/α,β-unsaturated/α-hetero) is 1. The number of hydrogen-bond acceptors (Lipinski definition) is 4. The minimum absolute atomic E-state index is 0.128. The molecular weight excluding hydrogens is 388 g/mol. The van der Waals surface area contributed by atoms with Crippen molar-refractivity contribution in [2.24, 2.45) is 0 Å². The summed E-state index contributed by atoms with van der Waals surface area (Å²) in [4.78, 5) is 14.2. The van der Waals surface area contributed by atoms with Crippen molar-refractivity contribution in [3.8, 4) is 0 Å². The lowest BCUT2D eigenvalue weighted by molar-refractivity contribution is -0.0726. The minimum atomic E-state index is -3.24. The molecule has 0 aliphatic heterocycles. The van der Waals surface area contributed by atoms with Crippen LogP contribution in [0.15, 0.2) is 46.3 Å². The van der Waals surface area contributed by atoms with E-state index in [1.165, 1.54) is 16.2 Å². The Bertz CT molecular complexity index is 649. The zero-order valence-corrected chi connectivity index (χ0v) is 14.6. The van der Waals surface area contributed by atoms with Gasteiger partial charge in [0.15, 0.2) is 5.78 Å². The highest BCUT2D eigenvalue weighted by molar-refractivity contribution is 9.11. The molecule has 1 N–H and O–H groups in total. The lowest BCUT2D eigenvalue weighted by Crippen LogP contribution is -2.41. The van der Waals surface area contributed by atoms with Gasteiger partial charge in [0.2, 0.25) is 0 Å². The molecule has 0 unspecified atom stereocenters. The van der Waals surface area contributed by atoms with E-state index in [-0.39, 0.29) is 18.9 Å². The summed E-state index contributed by atoms with van der Waals surface area (Å²) >= 11 is 4.55. The van der Waals surface area contributed by atoms with Gasteiger partial charge in [0.1, 0.15) is 6.61 Å². The monoisotopic (exact) mass is 403 g/mol. The number of aliphatic hydroxyl groups is 1. The van der Waals surface area contributed by atoms with Crippen molar-refractivity contribution >= 4 is 33.0 Å². The Morgan fingerprint density at radius 1 is 1.22 bits per heavy atom. The van der Waals surface area contributed by atoms with Crippen LogP contribution in [0.4, 0.5) is 8.78 Å². The number of carbonyl (C=O) groups excluding carboxylic acids is 1. The van der Waals surface area contributed by atoms with Crippen LogP contribution in [0.3, 0.4) is 0 Å². The van der Waals surface area contributed by atoms with E-state index in [0.717, 1.165) is 9.35 Å². The Hall–Kier alpha value is -1.15. The predicted molar refractivity (Wildman–Crippen MR) is 90.1 cm³/mol. The van der Waals surface area contributed by atoms with E-state index in [1.54, 1.807) is 12.1 Å². The Labute approximate surface area is 145 Å². The number of carbonyl (C=O) groups is 1. The Morgan fingerprint density at radius 3 is 2.48 bits per heavy atom. The first-order valence-corrected chi connectivity index (χ1v) is 8.54. The van der Waals surface area contributed by atoms with Crippen LogP contribution in [0.1, 0.15) is 15.2 Å². The summed E-state index contributed by atoms with van der Waals surface area (Å²) in [6.45, 7) is -1.82. The number of hydrogen-bond donors (Lipinski definition) is 1.